The van der Waals surface area contributed by atoms with E-state index < -0.39 is 47.0 Å². The van der Waals surface area contributed by atoms with Crippen molar-refractivity contribution < 1.29 is 46.9 Å². The highest BCUT2D eigenvalue weighted by Gasteiger charge is 2.22. The molecule has 0 radical (unpaired) electrons. The Morgan fingerprint density at radius 3 is 0.867 bits per heavy atom. The molecule has 474 valence electrons. The van der Waals surface area contributed by atoms with Gasteiger partial charge in [0.25, 0.3) is 0 Å². The average Bonchev–Trinajstić information content (AvgIpc) is 1.58. The molecule has 0 saturated heterocycles. The SMILES string of the molecule is CCCCCCCCCCCCCCCCc1ccc(-c2ccc(C(=O)Oc3ccc(C(=O)Oc4cccc(OC(=O)c5ccc(OC(=O)c6ccc(-c7ccc(CCCCCCCCCCCCCCCC)cc7)cc6)c(F)c5)c4C#N)cc3F)cc2)cc1. The van der Waals surface area contributed by atoms with Gasteiger partial charge in [0.2, 0.25) is 0 Å². The highest BCUT2D eigenvalue weighted by atomic mass is 19.1. The second kappa shape index (κ2) is 39.0. The van der Waals surface area contributed by atoms with Crippen LogP contribution < -0.4 is 18.9 Å². The first-order valence-electron chi connectivity index (χ1n) is 33.4. The molecule has 0 spiro atoms. The van der Waals surface area contributed by atoms with Crippen LogP contribution in [0.2, 0.25) is 0 Å². The smallest absolute Gasteiger partial charge is 0.343 e. The van der Waals surface area contributed by atoms with Crippen LogP contribution in [0.4, 0.5) is 8.78 Å². The number of hydrogen-bond acceptors (Lipinski definition) is 9. The molecular weight excluding hydrogens is 1130 g/mol. The minimum absolute atomic E-state index is 0.197. The van der Waals surface area contributed by atoms with Crippen molar-refractivity contribution in [1.82, 2.24) is 0 Å². The molecule has 0 fully saturated rings. The van der Waals surface area contributed by atoms with Crippen LogP contribution in [0.5, 0.6) is 23.0 Å². The first-order chi connectivity index (χ1) is 44.0. The van der Waals surface area contributed by atoms with Gasteiger partial charge in [0.1, 0.15) is 11.6 Å². The third-order valence-electron chi connectivity index (χ3n) is 16.7. The fourth-order valence-corrected chi connectivity index (χ4v) is 11.2. The molecule has 7 aromatic carbocycles. The van der Waals surface area contributed by atoms with Crippen LogP contribution in [-0.4, -0.2) is 23.9 Å². The predicted molar refractivity (Wildman–Crippen MR) is 356 cm³/mol. The maximum Gasteiger partial charge on any atom is 0.343 e. The van der Waals surface area contributed by atoms with Gasteiger partial charge in [-0.05, 0) is 132 Å². The van der Waals surface area contributed by atoms with E-state index in [9.17, 15) is 24.4 Å². The molecular formula is C79H91F2NO8. The van der Waals surface area contributed by atoms with Gasteiger partial charge >= 0.3 is 23.9 Å². The van der Waals surface area contributed by atoms with E-state index in [1.54, 1.807) is 48.5 Å². The number of benzene rings is 7. The molecule has 7 rings (SSSR count). The lowest BCUT2D eigenvalue weighted by Gasteiger charge is -2.12. The summed E-state index contributed by atoms with van der Waals surface area (Å²) in [6, 6.07) is 42.6. The molecule has 0 aliphatic carbocycles. The number of carbonyl (C=O) groups excluding carboxylic acids is 4. The number of ether oxygens (including phenoxy) is 4. The topological polar surface area (TPSA) is 129 Å². The van der Waals surface area contributed by atoms with Gasteiger partial charge < -0.3 is 18.9 Å². The molecule has 0 N–H and O–H groups in total. The Labute approximate surface area is 533 Å². The summed E-state index contributed by atoms with van der Waals surface area (Å²) in [5, 5.41) is 10.1. The predicted octanol–water partition coefficient (Wildman–Crippen LogP) is 22.1. The molecule has 0 aliphatic rings. The standard InChI is InChI=1S/C79H91F2NO8/c1-3-5-7-9-11-13-15-17-19-21-23-25-27-29-32-59-36-40-61(41-37-59)63-44-48-65(49-45-63)76(83)89-74-54-52-67(56-70(74)80)78(85)87-72-34-31-35-73(69(72)58-82)88-79(86)68-53-55-75(71(81)57-68)90-77(84)66-50-46-64(47-51-66)62-42-38-60(39-43-62)33-30-28-26-24-22-20-18-16-14-12-10-8-6-4-2/h31,34-57H,3-30,32-33H2,1-2H3. The summed E-state index contributed by atoms with van der Waals surface area (Å²) in [6.45, 7) is 4.53. The Morgan fingerprint density at radius 1 is 0.322 bits per heavy atom. The first kappa shape index (κ1) is 69.2. The molecule has 0 heterocycles. The second-order valence-corrected chi connectivity index (χ2v) is 23.8. The molecule has 0 aromatic heterocycles. The molecule has 0 amide bonds. The molecule has 0 saturated carbocycles. The summed E-state index contributed by atoms with van der Waals surface area (Å²) < 4.78 is 52.4. The number of aryl methyl sites for hydroxylation is 2. The maximum atomic E-state index is 15.4. The van der Waals surface area contributed by atoms with Crippen molar-refractivity contribution in [2.24, 2.45) is 0 Å². The molecule has 7 aromatic rings. The van der Waals surface area contributed by atoms with E-state index in [-0.39, 0.29) is 39.3 Å². The van der Waals surface area contributed by atoms with Gasteiger partial charge in [-0.15, -0.1) is 0 Å². The fraction of sp³-hybridized carbons (Fsp3) is 0.405. The number of halogens is 2. The van der Waals surface area contributed by atoms with Crippen molar-refractivity contribution >= 4 is 23.9 Å². The molecule has 90 heavy (non-hydrogen) atoms. The number of rotatable bonds is 40. The van der Waals surface area contributed by atoms with Crippen LogP contribution in [0.25, 0.3) is 22.3 Å². The Bertz CT molecular complexity index is 3150. The quantitative estimate of drug-likeness (QED) is 0.0209. The zero-order valence-corrected chi connectivity index (χ0v) is 53.1. The summed E-state index contributed by atoms with van der Waals surface area (Å²) in [5.74, 6) is -7.23. The van der Waals surface area contributed by atoms with Gasteiger partial charge in [0.15, 0.2) is 34.6 Å². The normalized spacial score (nSPS) is 11.1. The summed E-state index contributed by atoms with van der Waals surface area (Å²) in [4.78, 5) is 52.8. The number of unbranched alkanes of at least 4 members (excludes halogenated alkanes) is 26. The van der Waals surface area contributed by atoms with E-state index in [1.807, 2.05) is 6.07 Å². The van der Waals surface area contributed by atoms with Crippen molar-refractivity contribution in [1.29, 1.82) is 5.26 Å². The Hall–Kier alpha value is -8.23. The summed E-state index contributed by atoms with van der Waals surface area (Å²) in [7, 11) is 0. The van der Waals surface area contributed by atoms with Crippen LogP contribution in [0.15, 0.2) is 152 Å². The molecule has 9 nitrogen and oxygen atoms in total. The largest absolute Gasteiger partial charge is 0.421 e. The lowest BCUT2D eigenvalue weighted by atomic mass is 10.00. The van der Waals surface area contributed by atoms with Crippen molar-refractivity contribution in [3.63, 3.8) is 0 Å². The third-order valence-corrected chi connectivity index (χ3v) is 16.7. The molecule has 0 bridgehead atoms. The van der Waals surface area contributed by atoms with Crippen LogP contribution in [0.3, 0.4) is 0 Å². The minimum Gasteiger partial charge on any atom is -0.421 e. The number of carbonyl (C=O) groups is 4. The second-order valence-electron chi connectivity index (χ2n) is 23.8. The molecule has 11 heteroatoms. The van der Waals surface area contributed by atoms with Gasteiger partial charge in [0.05, 0.1) is 22.3 Å². The van der Waals surface area contributed by atoms with Gasteiger partial charge in [-0.1, -0.05) is 260 Å². The molecule has 0 unspecified atom stereocenters. The van der Waals surface area contributed by atoms with Gasteiger partial charge in [-0.3, -0.25) is 0 Å². The Morgan fingerprint density at radius 2 is 0.578 bits per heavy atom. The number of nitrogens with zero attached hydrogens (tertiary/aromatic N) is 1. The number of hydrogen-bond donors (Lipinski definition) is 0. The van der Waals surface area contributed by atoms with Crippen molar-refractivity contribution in [3.8, 4) is 51.3 Å². The van der Waals surface area contributed by atoms with Gasteiger partial charge in [-0.25, -0.2) is 28.0 Å². The first-order valence-corrected chi connectivity index (χ1v) is 33.4. The zero-order chi connectivity index (χ0) is 63.6. The average molecular weight is 1220 g/mol. The lowest BCUT2D eigenvalue weighted by molar-refractivity contribution is 0.0716. The van der Waals surface area contributed by atoms with E-state index in [4.69, 9.17) is 18.9 Å². The van der Waals surface area contributed by atoms with Crippen molar-refractivity contribution in [2.75, 3.05) is 0 Å². The molecule has 0 aliphatic heterocycles. The minimum atomic E-state index is -1.07. The van der Waals surface area contributed by atoms with Crippen LogP contribution in [0.1, 0.15) is 252 Å². The van der Waals surface area contributed by atoms with Crippen LogP contribution >= 0.6 is 0 Å². The van der Waals surface area contributed by atoms with Crippen molar-refractivity contribution in [3.05, 3.63) is 202 Å². The number of esters is 4. The van der Waals surface area contributed by atoms with Gasteiger partial charge in [-0.2, -0.15) is 5.26 Å². The monoisotopic (exact) mass is 1220 g/mol. The van der Waals surface area contributed by atoms with E-state index in [0.29, 0.717) is 0 Å². The fourth-order valence-electron chi connectivity index (χ4n) is 11.2. The maximum absolute atomic E-state index is 15.4. The van der Waals surface area contributed by atoms with Crippen LogP contribution in [-0.2, 0) is 12.8 Å². The Balaban J connectivity index is 0.806. The lowest BCUT2D eigenvalue weighted by Crippen LogP contribution is -2.14. The van der Waals surface area contributed by atoms with Crippen molar-refractivity contribution in [2.45, 2.75) is 206 Å². The number of nitriles is 1. The summed E-state index contributed by atoms with van der Waals surface area (Å²) >= 11 is 0. The van der Waals surface area contributed by atoms with E-state index in [1.165, 1.54) is 221 Å². The van der Waals surface area contributed by atoms with Crippen LogP contribution in [0, 0.1) is 23.0 Å². The Kier molecular flexibility index (Phi) is 30.0. The zero-order valence-electron chi connectivity index (χ0n) is 53.1. The van der Waals surface area contributed by atoms with E-state index >= 15 is 8.78 Å². The summed E-state index contributed by atoms with van der Waals surface area (Å²) in [6.07, 6.45) is 39.4. The molecule has 0 atom stereocenters. The van der Waals surface area contributed by atoms with Gasteiger partial charge in [0, 0.05) is 0 Å². The van der Waals surface area contributed by atoms with E-state index in [2.05, 4.69) is 62.4 Å². The summed E-state index contributed by atoms with van der Waals surface area (Å²) in [5.41, 5.74) is 5.91. The van der Waals surface area contributed by atoms with E-state index in [0.717, 1.165) is 59.4 Å². The third kappa shape index (κ3) is 23.3. The highest BCUT2D eigenvalue weighted by Crippen LogP contribution is 2.32. The highest BCUT2D eigenvalue weighted by molar-refractivity contribution is 5.95.